The molecule has 0 aromatic heterocycles. The number of unbranched alkanes of at least 4 members (excludes halogenated alkanes) is 6. The minimum Gasteiger partial charge on any atom is -0.407 e. The van der Waals surface area contributed by atoms with Gasteiger partial charge in [0.2, 0.25) is 0 Å². The molecule has 118 valence electrons. The maximum atomic E-state index is 11.8. The highest BCUT2D eigenvalue weighted by molar-refractivity contribution is 6.07. The second-order valence-electron chi connectivity index (χ2n) is 5.71. The van der Waals surface area contributed by atoms with E-state index in [4.69, 9.17) is 4.74 Å². The first kappa shape index (κ1) is 16.5. The Hall–Kier alpha value is -1.90. The molecule has 0 saturated heterocycles. The van der Waals surface area contributed by atoms with Crippen molar-refractivity contribution in [3.63, 3.8) is 0 Å². The lowest BCUT2D eigenvalue weighted by Crippen LogP contribution is -2.03. The van der Waals surface area contributed by atoms with Crippen molar-refractivity contribution >= 4 is 17.9 Å². The van der Waals surface area contributed by atoms with E-state index >= 15 is 0 Å². The molecule has 1 aliphatic rings. The van der Waals surface area contributed by atoms with Gasteiger partial charge >= 0.3 is 5.97 Å². The van der Waals surface area contributed by atoms with Gasteiger partial charge in [0.25, 0.3) is 0 Å². The van der Waals surface area contributed by atoms with Crippen LogP contribution >= 0.6 is 0 Å². The average Bonchev–Trinajstić information content (AvgIpc) is 2.87. The minimum atomic E-state index is -0.332. The number of aliphatic imine (C=N–C) groups is 1. The predicted molar refractivity (Wildman–Crippen MR) is 90.6 cm³/mol. The van der Waals surface area contributed by atoms with Gasteiger partial charge in [0, 0.05) is 6.42 Å². The molecular weight excluding hydrogens is 274 g/mol. The lowest BCUT2D eigenvalue weighted by atomic mass is 10.1. The van der Waals surface area contributed by atoms with E-state index in [0.717, 1.165) is 18.4 Å². The van der Waals surface area contributed by atoms with Gasteiger partial charge in [0.15, 0.2) is 11.6 Å². The molecule has 1 aliphatic heterocycles. The third-order valence-electron chi connectivity index (χ3n) is 3.76. The van der Waals surface area contributed by atoms with E-state index in [2.05, 4.69) is 11.9 Å². The Morgan fingerprint density at radius 1 is 1.00 bits per heavy atom. The molecule has 0 unspecified atom stereocenters. The van der Waals surface area contributed by atoms with Crippen molar-refractivity contribution in [2.75, 3.05) is 0 Å². The van der Waals surface area contributed by atoms with E-state index in [9.17, 15) is 4.79 Å². The zero-order chi connectivity index (χ0) is 15.6. The van der Waals surface area contributed by atoms with Crippen LogP contribution in [0, 0.1) is 0 Å². The monoisotopic (exact) mass is 299 g/mol. The Labute approximate surface area is 133 Å². The number of esters is 1. The van der Waals surface area contributed by atoms with Crippen LogP contribution in [0.15, 0.2) is 41.0 Å². The SMILES string of the molecule is CCCCCCCCCC1=NC(=Cc2ccccc2)C(=O)O1. The number of carbonyl (C=O) groups excluding carboxylic acids is 1. The minimum absolute atomic E-state index is 0.332. The summed E-state index contributed by atoms with van der Waals surface area (Å²) in [6.07, 6.45) is 11.3. The number of ether oxygens (including phenoxy) is 1. The number of cyclic esters (lactones) is 1. The van der Waals surface area contributed by atoms with Crippen LogP contribution in [0.3, 0.4) is 0 Å². The van der Waals surface area contributed by atoms with E-state index < -0.39 is 0 Å². The number of hydrogen-bond acceptors (Lipinski definition) is 3. The first-order chi connectivity index (χ1) is 10.8. The van der Waals surface area contributed by atoms with Crippen molar-refractivity contribution in [3.05, 3.63) is 41.6 Å². The molecule has 0 bridgehead atoms. The topological polar surface area (TPSA) is 38.7 Å². The van der Waals surface area contributed by atoms with Crippen molar-refractivity contribution in [2.45, 2.75) is 58.3 Å². The lowest BCUT2D eigenvalue weighted by molar-refractivity contribution is -0.130. The summed E-state index contributed by atoms with van der Waals surface area (Å²) in [5.74, 6) is 0.238. The number of benzene rings is 1. The zero-order valence-corrected chi connectivity index (χ0v) is 13.4. The van der Waals surface area contributed by atoms with Crippen molar-refractivity contribution < 1.29 is 9.53 Å². The molecule has 1 heterocycles. The molecular formula is C19H25NO2. The molecule has 1 aromatic carbocycles. The Balaban J connectivity index is 1.75. The van der Waals surface area contributed by atoms with Crippen molar-refractivity contribution in [3.8, 4) is 0 Å². The Morgan fingerprint density at radius 3 is 2.41 bits per heavy atom. The fourth-order valence-corrected chi connectivity index (χ4v) is 2.50. The molecule has 3 nitrogen and oxygen atoms in total. The van der Waals surface area contributed by atoms with Gasteiger partial charge in [-0.15, -0.1) is 0 Å². The fraction of sp³-hybridized carbons (Fsp3) is 0.474. The van der Waals surface area contributed by atoms with Gasteiger partial charge in [0.1, 0.15) is 0 Å². The largest absolute Gasteiger partial charge is 0.407 e. The first-order valence-corrected chi connectivity index (χ1v) is 8.36. The second kappa shape index (κ2) is 9.19. The van der Waals surface area contributed by atoms with Crippen LogP contribution in [-0.4, -0.2) is 11.9 Å². The number of rotatable bonds is 9. The molecule has 0 spiro atoms. The van der Waals surface area contributed by atoms with Crippen LogP contribution in [0.1, 0.15) is 63.9 Å². The summed E-state index contributed by atoms with van der Waals surface area (Å²) in [5.41, 5.74) is 1.37. The molecule has 22 heavy (non-hydrogen) atoms. The molecule has 0 atom stereocenters. The maximum Gasteiger partial charge on any atom is 0.363 e. The normalized spacial score (nSPS) is 16.0. The summed E-state index contributed by atoms with van der Waals surface area (Å²) >= 11 is 0. The smallest absolute Gasteiger partial charge is 0.363 e. The van der Waals surface area contributed by atoms with Gasteiger partial charge in [-0.05, 0) is 18.1 Å². The van der Waals surface area contributed by atoms with Gasteiger partial charge in [-0.2, -0.15) is 0 Å². The molecule has 3 heteroatoms. The van der Waals surface area contributed by atoms with E-state index in [0.29, 0.717) is 11.6 Å². The summed E-state index contributed by atoms with van der Waals surface area (Å²) in [4.78, 5) is 16.1. The zero-order valence-electron chi connectivity index (χ0n) is 13.4. The Morgan fingerprint density at radius 2 is 1.68 bits per heavy atom. The standard InChI is InChI=1S/C19H25NO2/c1-2-3-4-5-6-7-11-14-18-20-17(19(21)22-18)15-16-12-9-8-10-13-16/h8-10,12-13,15H,2-7,11,14H2,1H3. The average molecular weight is 299 g/mol. The van der Waals surface area contributed by atoms with Crippen LogP contribution in [0.5, 0.6) is 0 Å². The van der Waals surface area contributed by atoms with Gasteiger partial charge in [0.05, 0.1) is 0 Å². The van der Waals surface area contributed by atoms with Crippen molar-refractivity contribution in [2.24, 2.45) is 4.99 Å². The van der Waals surface area contributed by atoms with Crippen LogP contribution < -0.4 is 0 Å². The molecule has 1 aromatic rings. The van der Waals surface area contributed by atoms with E-state index in [1.165, 1.54) is 38.5 Å². The number of carbonyl (C=O) groups is 1. The second-order valence-corrected chi connectivity index (χ2v) is 5.71. The first-order valence-electron chi connectivity index (χ1n) is 8.36. The molecule has 0 saturated carbocycles. The highest BCUT2D eigenvalue weighted by Gasteiger charge is 2.22. The molecule has 0 N–H and O–H groups in total. The lowest BCUT2D eigenvalue weighted by Gasteiger charge is -2.00. The molecule has 0 amide bonds. The Bertz CT molecular complexity index is 532. The summed E-state index contributed by atoms with van der Waals surface area (Å²) in [7, 11) is 0. The summed E-state index contributed by atoms with van der Waals surface area (Å²) in [5, 5.41) is 0. The summed E-state index contributed by atoms with van der Waals surface area (Å²) in [6, 6.07) is 9.73. The maximum absolute atomic E-state index is 11.8. The molecule has 0 fully saturated rings. The van der Waals surface area contributed by atoms with Crippen LogP contribution in [0.25, 0.3) is 6.08 Å². The summed E-state index contributed by atoms with van der Waals surface area (Å²) in [6.45, 7) is 2.23. The third-order valence-corrected chi connectivity index (χ3v) is 3.76. The van der Waals surface area contributed by atoms with E-state index in [-0.39, 0.29) is 5.97 Å². The van der Waals surface area contributed by atoms with Crippen molar-refractivity contribution in [1.82, 2.24) is 0 Å². The van der Waals surface area contributed by atoms with Gasteiger partial charge in [-0.25, -0.2) is 9.79 Å². The fourth-order valence-electron chi connectivity index (χ4n) is 2.50. The highest BCUT2D eigenvalue weighted by atomic mass is 16.6. The third kappa shape index (κ3) is 5.47. The van der Waals surface area contributed by atoms with Crippen LogP contribution in [0.2, 0.25) is 0 Å². The predicted octanol–water partition coefficient (Wildman–Crippen LogP) is 5.12. The number of hydrogen-bond donors (Lipinski definition) is 0. The summed E-state index contributed by atoms with van der Waals surface area (Å²) < 4.78 is 5.23. The van der Waals surface area contributed by atoms with Gasteiger partial charge in [-0.3, -0.25) is 0 Å². The molecule has 0 radical (unpaired) electrons. The number of nitrogens with zero attached hydrogens (tertiary/aromatic N) is 1. The Kier molecular flexibility index (Phi) is 6.88. The van der Waals surface area contributed by atoms with Gasteiger partial charge < -0.3 is 4.74 Å². The van der Waals surface area contributed by atoms with Gasteiger partial charge in [-0.1, -0.05) is 75.8 Å². The van der Waals surface area contributed by atoms with Crippen LogP contribution in [-0.2, 0) is 9.53 Å². The van der Waals surface area contributed by atoms with Crippen LogP contribution in [0.4, 0.5) is 0 Å². The molecule has 0 aliphatic carbocycles. The highest BCUT2D eigenvalue weighted by Crippen LogP contribution is 2.18. The molecule has 2 rings (SSSR count). The van der Waals surface area contributed by atoms with E-state index in [1.807, 2.05) is 30.3 Å². The quantitative estimate of drug-likeness (QED) is 0.360. The van der Waals surface area contributed by atoms with E-state index in [1.54, 1.807) is 6.08 Å². The van der Waals surface area contributed by atoms with Crippen molar-refractivity contribution in [1.29, 1.82) is 0 Å².